The first kappa shape index (κ1) is 14.9. The molecular weight excluding hydrogens is 327 g/mol. The van der Waals surface area contributed by atoms with Crippen LogP contribution in [0.25, 0.3) is 22.5 Å². The Morgan fingerprint density at radius 1 is 1.21 bits per heavy atom. The number of halogens is 1. The largest absolute Gasteiger partial charge is 0.441 e. The maximum absolute atomic E-state index is 13.9. The fourth-order valence-corrected chi connectivity index (χ4v) is 3.24. The average Bonchev–Trinajstić information content (AvgIpc) is 3.16. The summed E-state index contributed by atoms with van der Waals surface area (Å²) >= 11 is 1.52. The van der Waals surface area contributed by atoms with Gasteiger partial charge in [0.2, 0.25) is 5.89 Å². The van der Waals surface area contributed by atoms with Crippen molar-refractivity contribution in [1.82, 2.24) is 19.9 Å². The molecule has 0 saturated heterocycles. The highest BCUT2D eigenvalue weighted by Crippen LogP contribution is 2.28. The third-order valence-corrected chi connectivity index (χ3v) is 4.49. The van der Waals surface area contributed by atoms with Gasteiger partial charge in [-0.25, -0.2) is 14.4 Å². The van der Waals surface area contributed by atoms with Crippen molar-refractivity contribution >= 4 is 22.8 Å². The van der Waals surface area contributed by atoms with Crippen LogP contribution in [0.5, 0.6) is 0 Å². The lowest BCUT2D eigenvalue weighted by Gasteiger charge is -1.96. The van der Waals surface area contributed by atoms with Gasteiger partial charge in [-0.3, -0.25) is 4.98 Å². The van der Waals surface area contributed by atoms with E-state index in [2.05, 4.69) is 19.9 Å². The van der Waals surface area contributed by atoms with Crippen LogP contribution in [0.1, 0.15) is 11.5 Å². The molecule has 0 unspecified atom stereocenters. The van der Waals surface area contributed by atoms with E-state index in [1.165, 1.54) is 17.8 Å². The highest BCUT2D eigenvalue weighted by atomic mass is 32.2. The minimum Gasteiger partial charge on any atom is -0.441 e. The van der Waals surface area contributed by atoms with Crippen LogP contribution in [0.3, 0.4) is 0 Å². The zero-order valence-corrected chi connectivity index (χ0v) is 13.6. The van der Waals surface area contributed by atoms with Gasteiger partial charge in [0.1, 0.15) is 11.6 Å². The van der Waals surface area contributed by atoms with Gasteiger partial charge in [0.25, 0.3) is 0 Å². The third kappa shape index (κ3) is 2.78. The Labute approximate surface area is 141 Å². The maximum Gasteiger partial charge on any atom is 0.229 e. The third-order valence-electron chi connectivity index (χ3n) is 3.60. The first-order valence-corrected chi connectivity index (χ1v) is 8.33. The molecule has 1 aromatic carbocycles. The Bertz CT molecular complexity index is 978. The second kappa shape index (κ2) is 6.09. The van der Waals surface area contributed by atoms with E-state index in [4.69, 9.17) is 4.42 Å². The molecule has 0 atom stereocenters. The number of H-pyrrole nitrogens is 1. The molecule has 0 aliphatic heterocycles. The molecule has 4 rings (SSSR count). The fourth-order valence-electron chi connectivity index (χ4n) is 2.35. The zero-order valence-electron chi connectivity index (χ0n) is 12.8. The van der Waals surface area contributed by atoms with Crippen LogP contribution >= 0.6 is 11.8 Å². The summed E-state index contributed by atoms with van der Waals surface area (Å²) in [4.78, 5) is 16.2. The lowest BCUT2D eigenvalue weighted by molar-refractivity contribution is 0.533. The summed E-state index contributed by atoms with van der Waals surface area (Å²) in [6, 6.07) is 8.31. The Morgan fingerprint density at radius 3 is 2.92 bits per heavy atom. The summed E-state index contributed by atoms with van der Waals surface area (Å²) in [5.74, 6) is 1.22. The van der Waals surface area contributed by atoms with Gasteiger partial charge in [0, 0.05) is 11.9 Å². The highest BCUT2D eigenvalue weighted by Gasteiger charge is 2.15. The van der Waals surface area contributed by atoms with Crippen LogP contribution in [0.2, 0.25) is 0 Å². The number of thioether (sulfide) groups is 1. The predicted molar refractivity (Wildman–Crippen MR) is 90.1 cm³/mol. The van der Waals surface area contributed by atoms with Gasteiger partial charge in [-0.1, -0.05) is 23.9 Å². The smallest absolute Gasteiger partial charge is 0.229 e. The van der Waals surface area contributed by atoms with Crippen molar-refractivity contribution in [3.63, 3.8) is 0 Å². The van der Waals surface area contributed by atoms with E-state index in [1.807, 2.05) is 13.0 Å². The number of aromatic amines is 1. The molecule has 0 radical (unpaired) electrons. The van der Waals surface area contributed by atoms with Crippen molar-refractivity contribution in [2.75, 3.05) is 0 Å². The van der Waals surface area contributed by atoms with E-state index in [0.29, 0.717) is 23.0 Å². The minimum atomic E-state index is -0.345. The molecule has 4 aromatic rings. The van der Waals surface area contributed by atoms with Crippen LogP contribution in [0.4, 0.5) is 4.39 Å². The van der Waals surface area contributed by atoms with Gasteiger partial charge in [0.15, 0.2) is 5.16 Å². The Kier molecular flexibility index (Phi) is 3.78. The Balaban J connectivity index is 1.56. The van der Waals surface area contributed by atoms with Gasteiger partial charge in [0.05, 0.1) is 28.5 Å². The van der Waals surface area contributed by atoms with Crippen LogP contribution in [0, 0.1) is 12.7 Å². The van der Waals surface area contributed by atoms with E-state index in [9.17, 15) is 4.39 Å². The van der Waals surface area contributed by atoms with Crippen LogP contribution in [-0.4, -0.2) is 19.9 Å². The molecule has 1 N–H and O–H groups in total. The highest BCUT2D eigenvalue weighted by molar-refractivity contribution is 7.98. The summed E-state index contributed by atoms with van der Waals surface area (Å²) in [6.45, 7) is 1.83. The number of benzene rings is 1. The Hall–Kier alpha value is -2.67. The molecule has 5 nitrogen and oxygen atoms in total. The number of rotatable bonds is 4. The Morgan fingerprint density at radius 2 is 2.08 bits per heavy atom. The second-order valence-electron chi connectivity index (χ2n) is 5.23. The normalized spacial score (nSPS) is 11.2. The van der Waals surface area contributed by atoms with Crippen molar-refractivity contribution in [3.8, 4) is 11.5 Å². The number of oxazole rings is 1. The summed E-state index contributed by atoms with van der Waals surface area (Å²) in [5, 5.41) is 0.785. The number of hydrogen-bond acceptors (Lipinski definition) is 5. The molecule has 3 heterocycles. The predicted octanol–water partition coefficient (Wildman–Crippen LogP) is 4.35. The van der Waals surface area contributed by atoms with Crippen molar-refractivity contribution in [1.29, 1.82) is 0 Å². The topological polar surface area (TPSA) is 67.6 Å². The van der Waals surface area contributed by atoms with Gasteiger partial charge in [-0.15, -0.1) is 0 Å². The zero-order chi connectivity index (χ0) is 16.5. The maximum atomic E-state index is 13.9. The number of nitrogens with zero attached hydrogens (tertiary/aromatic N) is 3. The molecule has 0 saturated carbocycles. The van der Waals surface area contributed by atoms with Crippen molar-refractivity contribution in [2.24, 2.45) is 0 Å². The van der Waals surface area contributed by atoms with Crippen molar-refractivity contribution in [3.05, 3.63) is 60.0 Å². The molecule has 0 spiro atoms. The fraction of sp³-hybridized carbons (Fsp3) is 0.118. The first-order chi connectivity index (χ1) is 11.7. The lowest BCUT2D eigenvalue weighted by atomic mass is 10.2. The summed E-state index contributed by atoms with van der Waals surface area (Å²) in [5.41, 5.74) is 2.91. The molecule has 120 valence electrons. The quantitative estimate of drug-likeness (QED) is 0.559. The standard InChI is InChI=1S/C17H13FN4OS/c1-10-15(20-16(23-10)11-4-2-3-5-12(11)18)9-24-17-21-13-6-7-19-8-14(13)22-17/h2-8H,9H2,1H3,(H,21,22). The monoisotopic (exact) mass is 340 g/mol. The SMILES string of the molecule is Cc1oc(-c2ccccc2F)nc1CSc1nc2ccncc2[nH]1. The first-order valence-electron chi connectivity index (χ1n) is 7.34. The molecular formula is C17H13FN4OS. The molecule has 0 aliphatic carbocycles. The lowest BCUT2D eigenvalue weighted by Crippen LogP contribution is -1.87. The second-order valence-corrected chi connectivity index (χ2v) is 6.19. The van der Waals surface area contributed by atoms with Gasteiger partial charge in [-0.2, -0.15) is 0 Å². The number of aromatic nitrogens is 4. The number of nitrogens with one attached hydrogen (secondary N) is 1. The van der Waals surface area contributed by atoms with Gasteiger partial charge < -0.3 is 9.40 Å². The van der Waals surface area contributed by atoms with E-state index >= 15 is 0 Å². The minimum absolute atomic E-state index is 0.301. The molecule has 0 aliphatic rings. The summed E-state index contributed by atoms with van der Waals surface area (Å²) in [7, 11) is 0. The number of aryl methyl sites for hydroxylation is 1. The molecule has 0 amide bonds. The average molecular weight is 340 g/mol. The van der Waals surface area contributed by atoms with Crippen LogP contribution < -0.4 is 0 Å². The molecule has 0 fully saturated rings. The number of imidazole rings is 1. The summed E-state index contributed by atoms with van der Waals surface area (Å²) in [6.07, 6.45) is 3.45. The molecule has 24 heavy (non-hydrogen) atoms. The van der Waals surface area contributed by atoms with Crippen molar-refractivity contribution in [2.45, 2.75) is 17.8 Å². The van der Waals surface area contributed by atoms with Crippen LogP contribution in [0.15, 0.2) is 52.3 Å². The van der Waals surface area contributed by atoms with Crippen molar-refractivity contribution < 1.29 is 8.81 Å². The molecule has 3 aromatic heterocycles. The number of hydrogen-bond donors (Lipinski definition) is 1. The molecule has 0 bridgehead atoms. The van der Waals surface area contributed by atoms with E-state index in [1.54, 1.807) is 30.6 Å². The number of pyridine rings is 1. The number of fused-ring (bicyclic) bond motifs is 1. The van der Waals surface area contributed by atoms with Gasteiger partial charge in [-0.05, 0) is 25.1 Å². The van der Waals surface area contributed by atoms with Crippen LogP contribution in [-0.2, 0) is 5.75 Å². The van der Waals surface area contributed by atoms with E-state index < -0.39 is 0 Å². The van der Waals surface area contributed by atoms with E-state index in [-0.39, 0.29) is 5.82 Å². The van der Waals surface area contributed by atoms with E-state index in [0.717, 1.165) is 21.9 Å². The van der Waals surface area contributed by atoms with Gasteiger partial charge >= 0.3 is 0 Å². The summed E-state index contributed by atoms with van der Waals surface area (Å²) < 4.78 is 19.5. The molecule has 7 heteroatoms.